The van der Waals surface area contributed by atoms with E-state index in [2.05, 4.69) is 12.2 Å². The lowest BCUT2D eigenvalue weighted by Gasteiger charge is -2.27. The fourth-order valence-electron chi connectivity index (χ4n) is 3.71. The maximum Gasteiger partial charge on any atom is 0.341 e. The highest BCUT2D eigenvalue weighted by Crippen LogP contribution is 2.39. The summed E-state index contributed by atoms with van der Waals surface area (Å²) in [4.78, 5) is 27.2. The standard InChI is InChI=1S/C18H26N2O3S/c1-12-6-9-20(10-7-12)11-8-15(21)19-17-16(18(22)23-2)13-4-3-5-14(13)24-17/h12H,3-11H2,1-2H3,(H,19,21)/p+1. The normalized spacial score (nSPS) is 22.9. The highest BCUT2D eigenvalue weighted by Gasteiger charge is 2.28. The van der Waals surface area contributed by atoms with Gasteiger partial charge < -0.3 is 15.0 Å². The zero-order chi connectivity index (χ0) is 17.1. The molecule has 0 bridgehead atoms. The van der Waals surface area contributed by atoms with Gasteiger partial charge in [0.25, 0.3) is 0 Å². The number of methoxy groups -OCH3 is 1. The van der Waals surface area contributed by atoms with Crippen molar-refractivity contribution in [3.05, 3.63) is 16.0 Å². The molecule has 3 rings (SSSR count). The predicted molar refractivity (Wildman–Crippen MR) is 94.9 cm³/mol. The van der Waals surface area contributed by atoms with Gasteiger partial charge >= 0.3 is 5.97 Å². The summed E-state index contributed by atoms with van der Waals surface area (Å²) < 4.78 is 4.92. The van der Waals surface area contributed by atoms with E-state index in [-0.39, 0.29) is 11.9 Å². The average molecular weight is 351 g/mol. The molecule has 1 aromatic heterocycles. The smallest absolute Gasteiger partial charge is 0.341 e. The van der Waals surface area contributed by atoms with Gasteiger partial charge in [-0.1, -0.05) is 6.92 Å². The Bertz CT molecular complexity index is 618. The van der Waals surface area contributed by atoms with Gasteiger partial charge in [0.15, 0.2) is 0 Å². The minimum Gasteiger partial charge on any atom is -0.465 e. The number of nitrogens with one attached hydrogen (secondary N) is 2. The zero-order valence-electron chi connectivity index (χ0n) is 14.6. The van der Waals surface area contributed by atoms with E-state index >= 15 is 0 Å². The lowest BCUT2D eigenvalue weighted by molar-refractivity contribution is -0.905. The zero-order valence-corrected chi connectivity index (χ0v) is 15.4. The average Bonchev–Trinajstić information content (AvgIpc) is 3.14. The number of ether oxygens (including phenoxy) is 1. The van der Waals surface area contributed by atoms with Crippen LogP contribution in [0, 0.1) is 5.92 Å². The third-order valence-electron chi connectivity index (χ3n) is 5.25. The summed E-state index contributed by atoms with van der Waals surface area (Å²) in [6.07, 6.45) is 5.99. The highest BCUT2D eigenvalue weighted by molar-refractivity contribution is 7.17. The van der Waals surface area contributed by atoms with Crippen molar-refractivity contribution in [1.29, 1.82) is 0 Å². The number of esters is 1. The molecule has 0 aromatic carbocycles. The van der Waals surface area contributed by atoms with Crippen LogP contribution in [-0.4, -0.2) is 38.6 Å². The molecule has 24 heavy (non-hydrogen) atoms. The Balaban J connectivity index is 1.59. The number of carbonyl (C=O) groups is 2. The van der Waals surface area contributed by atoms with Crippen LogP contribution in [0.25, 0.3) is 0 Å². The van der Waals surface area contributed by atoms with Crippen LogP contribution in [0.1, 0.15) is 53.4 Å². The molecule has 1 saturated heterocycles. The summed E-state index contributed by atoms with van der Waals surface area (Å²) in [5.41, 5.74) is 1.67. The SMILES string of the molecule is COC(=O)c1c(NC(=O)CC[NH+]2CCC(C)CC2)sc2c1CCC2. The van der Waals surface area contributed by atoms with Gasteiger partial charge in [0.2, 0.25) is 5.91 Å². The van der Waals surface area contributed by atoms with Crippen LogP contribution >= 0.6 is 11.3 Å². The van der Waals surface area contributed by atoms with Gasteiger partial charge in [-0.3, -0.25) is 4.79 Å². The number of hydrogen-bond donors (Lipinski definition) is 2. The summed E-state index contributed by atoms with van der Waals surface area (Å²) in [6, 6.07) is 0. The van der Waals surface area contributed by atoms with E-state index in [9.17, 15) is 9.59 Å². The summed E-state index contributed by atoms with van der Waals surface area (Å²) in [5, 5.41) is 3.65. The first-order valence-electron chi connectivity index (χ1n) is 8.94. The van der Waals surface area contributed by atoms with Crippen LogP contribution in [0.2, 0.25) is 0 Å². The molecule has 0 spiro atoms. The van der Waals surface area contributed by atoms with E-state index < -0.39 is 0 Å². The second kappa shape index (κ2) is 7.66. The van der Waals surface area contributed by atoms with Gasteiger partial charge in [-0.05, 0) is 43.6 Å². The molecule has 0 unspecified atom stereocenters. The number of aryl methyl sites for hydroxylation is 1. The third kappa shape index (κ3) is 3.81. The van der Waals surface area contributed by atoms with Crippen molar-refractivity contribution < 1.29 is 19.2 Å². The van der Waals surface area contributed by atoms with Crippen molar-refractivity contribution in [3.8, 4) is 0 Å². The van der Waals surface area contributed by atoms with E-state index in [0.29, 0.717) is 17.0 Å². The maximum absolute atomic E-state index is 12.3. The Kier molecular flexibility index (Phi) is 5.56. The highest BCUT2D eigenvalue weighted by atomic mass is 32.1. The van der Waals surface area contributed by atoms with Gasteiger partial charge in [-0.2, -0.15) is 0 Å². The number of hydrogen-bond acceptors (Lipinski definition) is 4. The van der Waals surface area contributed by atoms with Gasteiger partial charge in [-0.25, -0.2) is 4.79 Å². The second-order valence-electron chi connectivity index (χ2n) is 7.03. The molecular weight excluding hydrogens is 324 g/mol. The van der Waals surface area contributed by atoms with Crippen molar-refractivity contribution in [3.63, 3.8) is 0 Å². The monoisotopic (exact) mass is 351 g/mol. The number of piperidine rings is 1. The molecule has 1 aliphatic heterocycles. The van der Waals surface area contributed by atoms with Gasteiger partial charge in [0.1, 0.15) is 5.00 Å². The molecule has 132 valence electrons. The molecule has 2 aliphatic rings. The number of fused-ring (bicyclic) bond motifs is 1. The minimum absolute atomic E-state index is 0.00574. The summed E-state index contributed by atoms with van der Waals surface area (Å²) >= 11 is 1.54. The topological polar surface area (TPSA) is 59.8 Å². The quantitative estimate of drug-likeness (QED) is 0.794. The fourth-order valence-corrected chi connectivity index (χ4v) is 5.00. The van der Waals surface area contributed by atoms with Crippen LogP contribution < -0.4 is 10.2 Å². The van der Waals surface area contributed by atoms with Crippen molar-refractivity contribution in [2.45, 2.75) is 45.4 Å². The molecular formula is C18H27N2O3S+. The van der Waals surface area contributed by atoms with E-state index in [1.54, 1.807) is 11.3 Å². The number of likely N-dealkylation sites (tertiary alicyclic amines) is 1. The molecule has 6 heteroatoms. The molecule has 0 atom stereocenters. The molecule has 1 amide bonds. The number of quaternary nitrogens is 1. The number of amides is 1. The number of thiophene rings is 1. The van der Waals surface area contributed by atoms with Crippen molar-refractivity contribution in [2.75, 3.05) is 32.1 Å². The molecule has 0 saturated carbocycles. The molecule has 2 heterocycles. The van der Waals surface area contributed by atoms with Crippen LogP contribution in [0.15, 0.2) is 0 Å². The first-order valence-corrected chi connectivity index (χ1v) is 9.76. The van der Waals surface area contributed by atoms with Crippen LogP contribution in [0.4, 0.5) is 5.00 Å². The first kappa shape index (κ1) is 17.4. The lowest BCUT2D eigenvalue weighted by Crippen LogP contribution is -3.13. The molecule has 0 radical (unpaired) electrons. The first-order chi connectivity index (χ1) is 11.6. The number of carbonyl (C=O) groups excluding carboxylic acids is 2. The molecule has 1 aromatic rings. The van der Waals surface area contributed by atoms with Gasteiger partial charge in [0, 0.05) is 4.88 Å². The van der Waals surface area contributed by atoms with Crippen molar-refractivity contribution in [1.82, 2.24) is 0 Å². The maximum atomic E-state index is 12.3. The predicted octanol–water partition coefficient (Wildman–Crippen LogP) is 1.67. The van der Waals surface area contributed by atoms with Gasteiger partial charge in [-0.15, -0.1) is 11.3 Å². The summed E-state index contributed by atoms with van der Waals surface area (Å²) in [5.74, 6) is 0.491. The number of anilines is 1. The minimum atomic E-state index is -0.333. The summed E-state index contributed by atoms with van der Waals surface area (Å²) in [7, 11) is 1.40. The lowest BCUT2D eigenvalue weighted by atomic mass is 9.99. The Morgan fingerprint density at radius 1 is 1.29 bits per heavy atom. The molecule has 1 fully saturated rings. The Morgan fingerprint density at radius 3 is 2.75 bits per heavy atom. The van der Waals surface area contributed by atoms with Crippen LogP contribution in [-0.2, 0) is 22.4 Å². The van der Waals surface area contributed by atoms with Crippen LogP contribution in [0.5, 0.6) is 0 Å². The van der Waals surface area contributed by atoms with E-state index in [1.165, 1.54) is 29.7 Å². The Hall–Kier alpha value is -1.40. The number of rotatable bonds is 5. The summed E-state index contributed by atoms with van der Waals surface area (Å²) in [6.45, 7) is 5.50. The van der Waals surface area contributed by atoms with Gasteiger partial charge in [0.05, 0.1) is 38.7 Å². The van der Waals surface area contributed by atoms with E-state index in [4.69, 9.17) is 4.74 Å². The van der Waals surface area contributed by atoms with Crippen molar-refractivity contribution in [2.24, 2.45) is 5.92 Å². The molecule has 2 N–H and O–H groups in total. The van der Waals surface area contributed by atoms with Crippen molar-refractivity contribution >= 4 is 28.2 Å². The van der Waals surface area contributed by atoms with E-state index in [1.807, 2.05) is 0 Å². The largest absolute Gasteiger partial charge is 0.465 e. The van der Waals surface area contributed by atoms with Crippen LogP contribution in [0.3, 0.4) is 0 Å². The van der Waals surface area contributed by atoms with E-state index in [0.717, 1.165) is 50.4 Å². The molecule has 5 nitrogen and oxygen atoms in total. The Labute approximate surface area is 147 Å². The fraction of sp³-hybridized carbons (Fsp3) is 0.667. The second-order valence-corrected chi connectivity index (χ2v) is 8.14. The Morgan fingerprint density at radius 2 is 2.04 bits per heavy atom. The molecule has 1 aliphatic carbocycles. The third-order valence-corrected chi connectivity index (χ3v) is 6.46.